The molecule has 3 nitrogen and oxygen atoms in total. The molecule has 0 aliphatic rings. The van der Waals surface area contributed by atoms with Crippen molar-refractivity contribution in [2.24, 2.45) is 0 Å². The van der Waals surface area contributed by atoms with Crippen molar-refractivity contribution in [1.29, 1.82) is 0 Å². The Morgan fingerprint density at radius 1 is 1.24 bits per heavy atom. The number of hydrogen-bond donors (Lipinski definition) is 1. The van der Waals surface area contributed by atoms with Gasteiger partial charge in [0.15, 0.2) is 0 Å². The molecule has 2 aromatic rings. The van der Waals surface area contributed by atoms with E-state index in [1.807, 2.05) is 53.1 Å². The number of esters is 1. The Kier molecular flexibility index (Phi) is 4.19. The zero-order valence-electron chi connectivity index (χ0n) is 9.15. The molecule has 0 amide bonds. The van der Waals surface area contributed by atoms with Crippen LogP contribution in [0.4, 0.5) is 0 Å². The average molecular weight is 341 g/mol. The lowest BCUT2D eigenvalue weighted by Gasteiger charge is -1.97. The number of halogens is 1. The van der Waals surface area contributed by atoms with Crippen LogP contribution in [0, 0.1) is 0 Å². The van der Waals surface area contributed by atoms with E-state index in [9.17, 15) is 4.79 Å². The second-order valence-electron chi connectivity index (χ2n) is 3.62. The number of aromatic nitrogens is 1. The first-order valence-corrected chi connectivity index (χ1v) is 6.76. The lowest BCUT2D eigenvalue weighted by molar-refractivity contribution is 0.0584. The molecule has 0 saturated heterocycles. The number of carbonyl (C=O) groups is 1. The van der Waals surface area contributed by atoms with Crippen molar-refractivity contribution in [1.82, 2.24) is 4.98 Å². The molecule has 0 saturated carbocycles. The standard InChI is InChI=1S/C13H12INO2/c14-9-17-13(16)12-7-11(8-15-12)6-10-4-2-1-3-5-10/h1-5,7-8,15H,6,9H2. The van der Waals surface area contributed by atoms with E-state index in [1.54, 1.807) is 0 Å². The Morgan fingerprint density at radius 2 is 2.00 bits per heavy atom. The predicted molar refractivity (Wildman–Crippen MR) is 74.3 cm³/mol. The van der Waals surface area contributed by atoms with Crippen LogP contribution < -0.4 is 0 Å². The highest BCUT2D eigenvalue weighted by Gasteiger charge is 2.09. The molecule has 0 radical (unpaired) electrons. The van der Waals surface area contributed by atoms with Gasteiger partial charge in [0.25, 0.3) is 0 Å². The first-order valence-electron chi connectivity index (χ1n) is 5.24. The van der Waals surface area contributed by atoms with Crippen molar-refractivity contribution < 1.29 is 9.53 Å². The van der Waals surface area contributed by atoms with Crippen molar-refractivity contribution in [3.63, 3.8) is 0 Å². The van der Waals surface area contributed by atoms with E-state index in [0.717, 1.165) is 12.0 Å². The topological polar surface area (TPSA) is 42.1 Å². The van der Waals surface area contributed by atoms with Gasteiger partial charge in [-0.3, -0.25) is 0 Å². The van der Waals surface area contributed by atoms with Gasteiger partial charge in [0.05, 0.1) is 0 Å². The third-order valence-electron chi connectivity index (χ3n) is 2.40. The monoisotopic (exact) mass is 341 g/mol. The lowest BCUT2D eigenvalue weighted by atomic mass is 10.1. The number of benzene rings is 1. The summed E-state index contributed by atoms with van der Waals surface area (Å²) in [4.78, 5) is 14.4. The van der Waals surface area contributed by atoms with E-state index in [-0.39, 0.29) is 5.97 Å². The molecule has 0 bridgehead atoms. The number of ether oxygens (including phenoxy) is 1. The molecule has 0 aliphatic carbocycles. The lowest BCUT2D eigenvalue weighted by Crippen LogP contribution is -2.03. The summed E-state index contributed by atoms with van der Waals surface area (Å²) in [6.45, 7) is 0. The first kappa shape index (κ1) is 12.2. The highest BCUT2D eigenvalue weighted by Crippen LogP contribution is 2.11. The predicted octanol–water partition coefficient (Wildman–Crippen LogP) is 3.15. The van der Waals surface area contributed by atoms with Crippen molar-refractivity contribution in [2.75, 3.05) is 4.61 Å². The van der Waals surface area contributed by atoms with Crippen LogP contribution >= 0.6 is 22.6 Å². The van der Waals surface area contributed by atoms with Crippen LogP contribution in [0.2, 0.25) is 0 Å². The van der Waals surface area contributed by atoms with E-state index in [0.29, 0.717) is 10.3 Å². The Hall–Kier alpha value is -1.30. The number of hydrogen-bond acceptors (Lipinski definition) is 2. The molecule has 0 fully saturated rings. The Balaban J connectivity index is 2.06. The summed E-state index contributed by atoms with van der Waals surface area (Å²) in [5.74, 6) is -0.307. The van der Waals surface area contributed by atoms with Gasteiger partial charge in [-0.1, -0.05) is 30.3 Å². The Labute approximate surface area is 113 Å². The number of nitrogens with one attached hydrogen (secondary N) is 1. The van der Waals surface area contributed by atoms with Gasteiger partial charge in [0.2, 0.25) is 0 Å². The van der Waals surface area contributed by atoms with Gasteiger partial charge in [0.1, 0.15) is 10.3 Å². The van der Waals surface area contributed by atoms with Crippen LogP contribution in [0.3, 0.4) is 0 Å². The molecule has 0 spiro atoms. The SMILES string of the molecule is O=C(OCI)c1cc(Cc2ccccc2)c[nH]1. The number of aromatic amines is 1. The summed E-state index contributed by atoms with van der Waals surface area (Å²) < 4.78 is 5.27. The molecule has 0 aliphatic heterocycles. The smallest absolute Gasteiger partial charge is 0.355 e. The maximum Gasteiger partial charge on any atom is 0.355 e. The molecule has 17 heavy (non-hydrogen) atoms. The van der Waals surface area contributed by atoms with Gasteiger partial charge < -0.3 is 9.72 Å². The molecule has 1 heterocycles. The van der Waals surface area contributed by atoms with E-state index in [1.165, 1.54) is 5.56 Å². The molecular weight excluding hydrogens is 329 g/mol. The van der Waals surface area contributed by atoms with Gasteiger partial charge in [-0.05, 0) is 46.2 Å². The van der Waals surface area contributed by atoms with Gasteiger partial charge in [-0.15, -0.1) is 0 Å². The minimum absolute atomic E-state index is 0.307. The van der Waals surface area contributed by atoms with Crippen LogP contribution in [0.15, 0.2) is 42.6 Å². The highest BCUT2D eigenvalue weighted by molar-refractivity contribution is 14.1. The van der Waals surface area contributed by atoms with Crippen molar-refractivity contribution in [3.05, 3.63) is 59.4 Å². The second kappa shape index (κ2) is 5.86. The minimum atomic E-state index is -0.307. The van der Waals surface area contributed by atoms with Crippen molar-refractivity contribution >= 4 is 28.6 Å². The Bertz CT molecular complexity index is 493. The fourth-order valence-corrected chi connectivity index (χ4v) is 1.90. The van der Waals surface area contributed by atoms with Gasteiger partial charge in [-0.2, -0.15) is 0 Å². The second-order valence-corrected chi connectivity index (χ2v) is 4.25. The minimum Gasteiger partial charge on any atom is -0.450 e. The average Bonchev–Trinajstić information content (AvgIpc) is 2.79. The summed E-state index contributed by atoms with van der Waals surface area (Å²) in [6, 6.07) is 12.0. The van der Waals surface area contributed by atoms with E-state index < -0.39 is 0 Å². The van der Waals surface area contributed by atoms with Crippen LogP contribution in [0.1, 0.15) is 21.6 Å². The van der Waals surface area contributed by atoms with Gasteiger partial charge in [-0.25, -0.2) is 4.79 Å². The number of H-pyrrole nitrogens is 1. The molecule has 1 aromatic carbocycles. The Morgan fingerprint density at radius 3 is 2.71 bits per heavy atom. The molecule has 1 N–H and O–H groups in total. The van der Waals surface area contributed by atoms with E-state index >= 15 is 0 Å². The summed E-state index contributed by atoms with van der Waals surface area (Å²) in [5.41, 5.74) is 2.81. The van der Waals surface area contributed by atoms with Crippen molar-refractivity contribution in [3.8, 4) is 0 Å². The van der Waals surface area contributed by atoms with Gasteiger partial charge >= 0.3 is 5.97 Å². The molecule has 0 atom stereocenters. The molecule has 0 unspecified atom stereocenters. The molecule has 2 rings (SSSR count). The number of alkyl halides is 1. The summed E-state index contributed by atoms with van der Waals surface area (Å²) in [5, 5.41) is 0. The summed E-state index contributed by atoms with van der Waals surface area (Å²) in [6.07, 6.45) is 2.66. The largest absolute Gasteiger partial charge is 0.450 e. The zero-order valence-corrected chi connectivity index (χ0v) is 11.3. The summed E-state index contributed by atoms with van der Waals surface area (Å²) in [7, 11) is 0. The highest BCUT2D eigenvalue weighted by atomic mass is 127. The van der Waals surface area contributed by atoms with E-state index in [2.05, 4.69) is 17.1 Å². The first-order chi connectivity index (χ1) is 8.29. The number of rotatable bonds is 4. The molecule has 4 heteroatoms. The van der Waals surface area contributed by atoms with Crippen molar-refractivity contribution in [2.45, 2.75) is 6.42 Å². The quantitative estimate of drug-likeness (QED) is 0.527. The van der Waals surface area contributed by atoms with E-state index in [4.69, 9.17) is 4.74 Å². The molecular formula is C13H12INO2. The normalized spacial score (nSPS) is 10.2. The third kappa shape index (κ3) is 3.33. The molecule has 88 valence electrons. The maximum atomic E-state index is 11.5. The molecule has 1 aromatic heterocycles. The van der Waals surface area contributed by atoms with Crippen LogP contribution in [-0.2, 0) is 11.2 Å². The maximum absolute atomic E-state index is 11.5. The van der Waals surface area contributed by atoms with Crippen LogP contribution in [0.5, 0.6) is 0 Å². The zero-order chi connectivity index (χ0) is 12.1. The number of carbonyl (C=O) groups excluding carboxylic acids is 1. The van der Waals surface area contributed by atoms with Gasteiger partial charge in [0, 0.05) is 6.20 Å². The fraction of sp³-hybridized carbons (Fsp3) is 0.154. The fourth-order valence-electron chi connectivity index (χ4n) is 1.62. The van der Waals surface area contributed by atoms with Crippen LogP contribution in [0.25, 0.3) is 0 Å². The van der Waals surface area contributed by atoms with Crippen LogP contribution in [-0.4, -0.2) is 15.6 Å². The third-order valence-corrected chi connectivity index (χ3v) is 2.71. The summed E-state index contributed by atoms with van der Waals surface area (Å²) >= 11 is 2.00.